The fourth-order valence-corrected chi connectivity index (χ4v) is 3.16. The fraction of sp³-hybridized carbons (Fsp3) is 0.143. The number of hydrogen-bond acceptors (Lipinski definition) is 3. The zero-order valence-electron chi connectivity index (χ0n) is 14.7. The molecule has 0 fully saturated rings. The quantitative estimate of drug-likeness (QED) is 0.639. The zero-order chi connectivity index (χ0) is 18.5. The highest BCUT2D eigenvalue weighted by Gasteiger charge is 2.14. The van der Waals surface area contributed by atoms with Crippen LogP contribution < -0.4 is 10.6 Å². The molecule has 0 aliphatic heterocycles. The molecule has 0 bridgehead atoms. The van der Waals surface area contributed by atoms with Crippen LogP contribution >= 0.6 is 11.3 Å². The highest BCUT2D eigenvalue weighted by molar-refractivity contribution is 7.08. The molecule has 1 heterocycles. The van der Waals surface area contributed by atoms with E-state index in [9.17, 15) is 9.59 Å². The van der Waals surface area contributed by atoms with Crippen molar-refractivity contribution in [2.24, 2.45) is 0 Å². The lowest BCUT2D eigenvalue weighted by Crippen LogP contribution is -2.18. The van der Waals surface area contributed by atoms with Crippen molar-refractivity contribution < 1.29 is 9.59 Å². The van der Waals surface area contributed by atoms with Crippen LogP contribution in [0.25, 0.3) is 0 Å². The minimum Gasteiger partial charge on any atom is -0.322 e. The predicted octanol–water partition coefficient (Wildman–Crippen LogP) is 5.38. The molecule has 5 heteroatoms. The smallest absolute Gasteiger partial charge is 0.257 e. The first-order valence-electron chi connectivity index (χ1n) is 8.38. The molecule has 0 saturated carbocycles. The van der Waals surface area contributed by atoms with E-state index >= 15 is 0 Å². The van der Waals surface area contributed by atoms with Crippen LogP contribution in [0.3, 0.4) is 0 Å². The van der Waals surface area contributed by atoms with Crippen LogP contribution in [-0.2, 0) is 0 Å². The summed E-state index contributed by atoms with van der Waals surface area (Å²) in [5.74, 6) is -0.0518. The summed E-state index contributed by atoms with van der Waals surface area (Å²) in [6, 6.07) is 16.5. The van der Waals surface area contributed by atoms with E-state index in [-0.39, 0.29) is 11.8 Å². The van der Waals surface area contributed by atoms with Crippen molar-refractivity contribution in [2.45, 2.75) is 19.8 Å². The number of amides is 2. The highest BCUT2D eigenvalue weighted by atomic mass is 32.1. The Labute approximate surface area is 156 Å². The first-order valence-corrected chi connectivity index (χ1v) is 9.33. The van der Waals surface area contributed by atoms with E-state index in [0.29, 0.717) is 22.7 Å². The van der Waals surface area contributed by atoms with Crippen LogP contribution in [0, 0.1) is 0 Å². The number of para-hydroxylation sites is 1. The Bertz CT molecular complexity index is 900. The average molecular weight is 364 g/mol. The molecule has 2 amide bonds. The molecule has 1 aromatic heterocycles. The zero-order valence-corrected chi connectivity index (χ0v) is 15.5. The van der Waals surface area contributed by atoms with Gasteiger partial charge in [-0.05, 0) is 47.2 Å². The maximum absolute atomic E-state index is 12.7. The molecule has 0 aliphatic carbocycles. The molecule has 26 heavy (non-hydrogen) atoms. The van der Waals surface area contributed by atoms with Gasteiger partial charge in [0.05, 0.1) is 16.8 Å². The van der Waals surface area contributed by atoms with Crippen molar-refractivity contribution in [3.8, 4) is 0 Å². The van der Waals surface area contributed by atoms with Crippen LogP contribution in [0.15, 0.2) is 65.4 Å². The summed E-state index contributed by atoms with van der Waals surface area (Å²) in [6.07, 6.45) is 0. The van der Waals surface area contributed by atoms with E-state index in [2.05, 4.69) is 24.5 Å². The van der Waals surface area contributed by atoms with Gasteiger partial charge in [-0.2, -0.15) is 11.3 Å². The van der Waals surface area contributed by atoms with Gasteiger partial charge in [-0.1, -0.05) is 38.1 Å². The Kier molecular flexibility index (Phi) is 5.49. The van der Waals surface area contributed by atoms with Gasteiger partial charge in [-0.3, -0.25) is 9.59 Å². The van der Waals surface area contributed by atoms with Gasteiger partial charge in [0.15, 0.2) is 0 Å². The largest absolute Gasteiger partial charge is 0.322 e. The van der Waals surface area contributed by atoms with Crippen LogP contribution in [0.1, 0.15) is 46.0 Å². The molecular formula is C21H20N2O2S. The van der Waals surface area contributed by atoms with Gasteiger partial charge < -0.3 is 10.6 Å². The topological polar surface area (TPSA) is 58.2 Å². The minimum atomic E-state index is -0.261. The Balaban J connectivity index is 1.76. The molecule has 0 saturated heterocycles. The standard InChI is InChI=1S/C21H20N2O2S/c1-14(2)15-7-9-17(10-8-15)22-21(25)18-5-3-4-6-19(18)23-20(24)16-11-12-26-13-16/h3-14H,1-2H3,(H,22,25)(H,23,24). The monoisotopic (exact) mass is 364 g/mol. The Hall–Kier alpha value is -2.92. The average Bonchev–Trinajstić information content (AvgIpc) is 3.17. The molecule has 4 nitrogen and oxygen atoms in total. The summed E-state index contributed by atoms with van der Waals surface area (Å²) >= 11 is 1.45. The van der Waals surface area contributed by atoms with Crippen molar-refractivity contribution in [3.05, 3.63) is 82.0 Å². The Morgan fingerprint density at radius 2 is 1.62 bits per heavy atom. The lowest BCUT2D eigenvalue weighted by Gasteiger charge is -2.12. The maximum Gasteiger partial charge on any atom is 0.257 e. The second-order valence-corrected chi connectivity index (χ2v) is 7.02. The second-order valence-electron chi connectivity index (χ2n) is 6.24. The number of nitrogens with one attached hydrogen (secondary N) is 2. The van der Waals surface area contributed by atoms with Gasteiger partial charge >= 0.3 is 0 Å². The van der Waals surface area contributed by atoms with E-state index in [1.807, 2.05) is 29.6 Å². The van der Waals surface area contributed by atoms with Crippen molar-refractivity contribution >= 4 is 34.5 Å². The molecule has 2 N–H and O–H groups in total. The molecule has 0 aliphatic rings. The van der Waals surface area contributed by atoms with Crippen LogP contribution in [0.4, 0.5) is 11.4 Å². The first kappa shape index (κ1) is 17.9. The lowest BCUT2D eigenvalue weighted by atomic mass is 10.0. The summed E-state index contributed by atoms with van der Waals surface area (Å²) in [5.41, 5.74) is 3.42. The van der Waals surface area contributed by atoms with E-state index < -0.39 is 0 Å². The summed E-state index contributed by atoms with van der Waals surface area (Å²) in [7, 11) is 0. The fourth-order valence-electron chi connectivity index (χ4n) is 2.53. The van der Waals surface area contributed by atoms with Gasteiger partial charge in [0.1, 0.15) is 0 Å². The number of carbonyl (C=O) groups is 2. The highest BCUT2D eigenvalue weighted by Crippen LogP contribution is 2.21. The van der Waals surface area contributed by atoms with Gasteiger partial charge in [-0.25, -0.2) is 0 Å². The van der Waals surface area contributed by atoms with E-state index in [0.717, 1.165) is 5.69 Å². The summed E-state index contributed by atoms with van der Waals surface area (Å²) in [4.78, 5) is 24.9. The third kappa shape index (κ3) is 4.18. The first-order chi connectivity index (χ1) is 12.5. The number of hydrogen-bond donors (Lipinski definition) is 2. The summed E-state index contributed by atoms with van der Waals surface area (Å²) in [6.45, 7) is 4.25. The number of thiophene rings is 1. The molecular weight excluding hydrogens is 344 g/mol. The number of anilines is 2. The van der Waals surface area contributed by atoms with Gasteiger partial charge in [0.2, 0.25) is 0 Å². The van der Waals surface area contributed by atoms with Crippen molar-refractivity contribution in [3.63, 3.8) is 0 Å². The number of carbonyl (C=O) groups excluding carboxylic acids is 2. The van der Waals surface area contributed by atoms with E-state index in [4.69, 9.17) is 0 Å². The van der Waals surface area contributed by atoms with Gasteiger partial charge in [-0.15, -0.1) is 0 Å². The predicted molar refractivity (Wildman–Crippen MR) is 107 cm³/mol. The summed E-state index contributed by atoms with van der Waals surface area (Å²) in [5, 5.41) is 9.31. The number of rotatable bonds is 5. The van der Waals surface area contributed by atoms with Crippen molar-refractivity contribution in [2.75, 3.05) is 10.6 Å². The van der Waals surface area contributed by atoms with Crippen LogP contribution in [0.5, 0.6) is 0 Å². The summed E-state index contributed by atoms with van der Waals surface area (Å²) < 4.78 is 0. The van der Waals surface area contributed by atoms with Crippen LogP contribution in [0.2, 0.25) is 0 Å². The van der Waals surface area contributed by atoms with E-state index in [1.54, 1.807) is 35.7 Å². The Morgan fingerprint density at radius 3 is 2.27 bits per heavy atom. The third-order valence-corrected chi connectivity index (χ3v) is 4.72. The molecule has 132 valence electrons. The van der Waals surface area contributed by atoms with Crippen molar-refractivity contribution in [1.82, 2.24) is 0 Å². The molecule has 3 aromatic rings. The van der Waals surface area contributed by atoms with Gasteiger partial charge in [0.25, 0.3) is 11.8 Å². The second kappa shape index (κ2) is 7.97. The third-order valence-electron chi connectivity index (χ3n) is 4.04. The van der Waals surface area contributed by atoms with E-state index in [1.165, 1.54) is 16.9 Å². The van der Waals surface area contributed by atoms with Crippen LogP contribution in [-0.4, -0.2) is 11.8 Å². The molecule has 0 spiro atoms. The number of benzene rings is 2. The normalized spacial score (nSPS) is 10.6. The minimum absolute atomic E-state index is 0.229. The van der Waals surface area contributed by atoms with Gasteiger partial charge in [0, 0.05) is 11.1 Å². The SMILES string of the molecule is CC(C)c1ccc(NC(=O)c2ccccc2NC(=O)c2ccsc2)cc1. The molecule has 0 atom stereocenters. The van der Waals surface area contributed by atoms with Crippen molar-refractivity contribution in [1.29, 1.82) is 0 Å². The molecule has 3 rings (SSSR count). The molecule has 2 aromatic carbocycles. The lowest BCUT2D eigenvalue weighted by molar-refractivity contribution is 0.102. The Morgan fingerprint density at radius 1 is 0.885 bits per heavy atom. The maximum atomic E-state index is 12.7. The molecule has 0 radical (unpaired) electrons. The molecule has 0 unspecified atom stereocenters.